The van der Waals surface area contributed by atoms with Crippen LogP contribution in [0.5, 0.6) is 5.75 Å². The highest BCUT2D eigenvalue weighted by atomic mass is 79.9. The lowest BCUT2D eigenvalue weighted by molar-refractivity contribution is -0.132. The topological polar surface area (TPSA) is 58.6 Å². The Bertz CT molecular complexity index is 898. The third kappa shape index (κ3) is 2.60. The zero-order chi connectivity index (χ0) is 18.3. The maximum Gasteiger partial charge on any atom is 0.325 e. The van der Waals surface area contributed by atoms with E-state index in [-0.39, 0.29) is 18.5 Å². The van der Waals surface area contributed by atoms with E-state index in [1.54, 1.807) is 7.11 Å². The summed E-state index contributed by atoms with van der Waals surface area (Å²) < 4.78 is 6.26. The predicted molar refractivity (Wildman–Crippen MR) is 101 cm³/mol. The molecule has 1 saturated heterocycles. The van der Waals surface area contributed by atoms with E-state index in [0.29, 0.717) is 12.2 Å². The number of hydrogen-bond acceptors (Lipinski definition) is 3. The van der Waals surface area contributed by atoms with E-state index in [4.69, 9.17) is 4.74 Å². The highest BCUT2D eigenvalue weighted by Crippen LogP contribution is 2.40. The van der Waals surface area contributed by atoms with E-state index in [1.165, 1.54) is 4.90 Å². The molecule has 1 N–H and O–H groups in total. The number of carbonyl (C=O) groups is 2. The molecule has 2 aromatic rings. The van der Waals surface area contributed by atoms with Gasteiger partial charge in [0.2, 0.25) is 0 Å². The standard InChI is InChI=1S/C20H19BrN2O3/c1-26-17-9-8-15(21)11-14(17)12-23-18(24)20(22-19(23)25)10-4-6-13-5-2-3-7-16(13)20/h2-3,5,7-9,11H,4,6,10,12H2,1H3,(H,22,25)/t20-/m1/s1. The van der Waals surface area contributed by atoms with Crippen LogP contribution in [-0.2, 0) is 23.3 Å². The summed E-state index contributed by atoms with van der Waals surface area (Å²) in [6.07, 6.45) is 2.43. The highest BCUT2D eigenvalue weighted by molar-refractivity contribution is 9.10. The number of amides is 3. The highest BCUT2D eigenvalue weighted by Gasteiger charge is 2.53. The molecule has 1 fully saturated rings. The molecule has 6 heteroatoms. The molecule has 4 rings (SSSR count). The monoisotopic (exact) mass is 414 g/mol. The number of hydrogen-bond donors (Lipinski definition) is 1. The Balaban J connectivity index is 1.71. The first kappa shape index (κ1) is 17.1. The van der Waals surface area contributed by atoms with E-state index in [9.17, 15) is 9.59 Å². The van der Waals surface area contributed by atoms with Crippen LogP contribution >= 0.6 is 15.9 Å². The molecule has 0 unspecified atom stereocenters. The molecule has 3 amide bonds. The van der Waals surface area contributed by atoms with Gasteiger partial charge in [0.1, 0.15) is 11.3 Å². The average Bonchev–Trinajstić information content (AvgIpc) is 2.87. The van der Waals surface area contributed by atoms with Gasteiger partial charge < -0.3 is 10.1 Å². The fraction of sp³-hybridized carbons (Fsp3) is 0.300. The zero-order valence-corrected chi connectivity index (χ0v) is 16.0. The molecule has 2 aliphatic rings. The van der Waals surface area contributed by atoms with Crippen LogP contribution in [0, 0.1) is 0 Å². The number of ether oxygens (including phenoxy) is 1. The molecule has 0 saturated carbocycles. The zero-order valence-electron chi connectivity index (χ0n) is 14.4. The van der Waals surface area contributed by atoms with E-state index in [2.05, 4.69) is 21.2 Å². The molecule has 1 aliphatic heterocycles. The number of benzene rings is 2. The molecular formula is C20H19BrN2O3. The van der Waals surface area contributed by atoms with Crippen LogP contribution < -0.4 is 10.1 Å². The summed E-state index contributed by atoms with van der Waals surface area (Å²) in [5.74, 6) is 0.468. The number of rotatable bonds is 3. The largest absolute Gasteiger partial charge is 0.496 e. The number of nitrogens with zero attached hydrogens (tertiary/aromatic N) is 1. The van der Waals surface area contributed by atoms with E-state index >= 15 is 0 Å². The minimum absolute atomic E-state index is 0.178. The smallest absolute Gasteiger partial charge is 0.325 e. The fourth-order valence-electron chi connectivity index (χ4n) is 4.00. The number of urea groups is 1. The van der Waals surface area contributed by atoms with Crippen molar-refractivity contribution in [1.29, 1.82) is 0 Å². The normalized spacial score (nSPS) is 21.7. The third-order valence-corrected chi connectivity index (χ3v) is 5.71. The molecule has 1 aliphatic carbocycles. The summed E-state index contributed by atoms with van der Waals surface area (Å²) in [5, 5.41) is 2.98. The van der Waals surface area contributed by atoms with Crippen molar-refractivity contribution in [2.24, 2.45) is 0 Å². The second kappa shape index (κ2) is 6.43. The van der Waals surface area contributed by atoms with E-state index < -0.39 is 5.54 Å². The number of halogens is 1. The summed E-state index contributed by atoms with van der Waals surface area (Å²) in [5.41, 5.74) is 1.90. The van der Waals surface area contributed by atoms with Crippen LogP contribution in [0.2, 0.25) is 0 Å². The van der Waals surface area contributed by atoms with Crippen molar-refractivity contribution < 1.29 is 14.3 Å². The van der Waals surface area contributed by atoms with Gasteiger partial charge in [-0.3, -0.25) is 9.69 Å². The van der Waals surface area contributed by atoms with Crippen molar-refractivity contribution in [2.45, 2.75) is 31.3 Å². The summed E-state index contributed by atoms with van der Waals surface area (Å²) in [7, 11) is 1.58. The van der Waals surface area contributed by atoms with Gasteiger partial charge in [0.05, 0.1) is 13.7 Å². The molecule has 0 bridgehead atoms. The Morgan fingerprint density at radius 1 is 1.23 bits per heavy atom. The average molecular weight is 415 g/mol. The molecule has 26 heavy (non-hydrogen) atoms. The SMILES string of the molecule is COc1ccc(Br)cc1CN1C(=O)N[C@@]2(CCCc3ccccc32)C1=O. The lowest BCUT2D eigenvalue weighted by atomic mass is 9.76. The molecular weight excluding hydrogens is 396 g/mol. The minimum Gasteiger partial charge on any atom is -0.496 e. The van der Waals surface area contributed by atoms with Gasteiger partial charge in [0.25, 0.3) is 5.91 Å². The van der Waals surface area contributed by atoms with Crippen molar-refractivity contribution in [3.8, 4) is 5.75 Å². The maximum absolute atomic E-state index is 13.3. The maximum atomic E-state index is 13.3. The number of methoxy groups -OCH3 is 1. The van der Waals surface area contributed by atoms with Crippen molar-refractivity contribution in [3.05, 3.63) is 63.6 Å². The second-order valence-corrected chi connectivity index (χ2v) is 7.61. The molecule has 5 nitrogen and oxygen atoms in total. The molecule has 1 spiro atoms. The van der Waals surface area contributed by atoms with Gasteiger partial charge in [0, 0.05) is 10.0 Å². The van der Waals surface area contributed by atoms with Crippen LogP contribution in [0.3, 0.4) is 0 Å². The number of nitrogens with one attached hydrogen (secondary N) is 1. The lowest BCUT2D eigenvalue weighted by Gasteiger charge is -2.33. The molecule has 134 valence electrons. The van der Waals surface area contributed by atoms with Crippen LogP contribution in [0.15, 0.2) is 46.9 Å². The minimum atomic E-state index is -0.939. The van der Waals surface area contributed by atoms with Crippen molar-refractivity contribution >= 4 is 27.9 Å². The van der Waals surface area contributed by atoms with Gasteiger partial charge in [-0.25, -0.2) is 4.79 Å². The number of fused-ring (bicyclic) bond motifs is 2. The van der Waals surface area contributed by atoms with Gasteiger partial charge in [-0.15, -0.1) is 0 Å². The Morgan fingerprint density at radius 3 is 2.85 bits per heavy atom. The first-order valence-electron chi connectivity index (χ1n) is 8.60. The van der Waals surface area contributed by atoms with E-state index in [0.717, 1.165) is 34.0 Å². The molecule has 2 aromatic carbocycles. The summed E-state index contributed by atoms with van der Waals surface area (Å²) >= 11 is 3.44. The Morgan fingerprint density at radius 2 is 2.04 bits per heavy atom. The third-order valence-electron chi connectivity index (χ3n) is 5.22. The van der Waals surface area contributed by atoms with Crippen LogP contribution in [-0.4, -0.2) is 23.9 Å². The fourth-order valence-corrected chi connectivity index (χ4v) is 4.40. The number of carbonyl (C=O) groups excluding carboxylic acids is 2. The van der Waals surface area contributed by atoms with Gasteiger partial charge in [0.15, 0.2) is 0 Å². The van der Waals surface area contributed by atoms with Gasteiger partial charge >= 0.3 is 6.03 Å². The van der Waals surface area contributed by atoms with Crippen molar-refractivity contribution in [1.82, 2.24) is 10.2 Å². The first-order chi connectivity index (χ1) is 12.5. The predicted octanol–water partition coefficient (Wildman–Crippen LogP) is 3.74. The van der Waals surface area contributed by atoms with Crippen LogP contribution in [0.4, 0.5) is 4.79 Å². The van der Waals surface area contributed by atoms with Gasteiger partial charge in [-0.1, -0.05) is 40.2 Å². The molecule has 0 aromatic heterocycles. The Kier molecular flexibility index (Phi) is 4.23. The molecule has 1 atom stereocenters. The van der Waals surface area contributed by atoms with Crippen molar-refractivity contribution in [3.63, 3.8) is 0 Å². The van der Waals surface area contributed by atoms with Crippen LogP contribution in [0.25, 0.3) is 0 Å². The quantitative estimate of drug-likeness (QED) is 0.778. The second-order valence-electron chi connectivity index (χ2n) is 6.69. The molecule has 0 radical (unpaired) electrons. The number of aryl methyl sites for hydroxylation is 1. The first-order valence-corrected chi connectivity index (χ1v) is 9.39. The Labute approximate surface area is 160 Å². The number of imide groups is 1. The summed E-state index contributed by atoms with van der Waals surface area (Å²) in [6, 6.07) is 13.1. The Hall–Kier alpha value is -2.34. The lowest BCUT2D eigenvalue weighted by Crippen LogP contribution is -2.46. The molecule has 1 heterocycles. The summed E-state index contributed by atoms with van der Waals surface area (Å²) in [4.78, 5) is 27.3. The van der Waals surface area contributed by atoms with Crippen molar-refractivity contribution in [2.75, 3.05) is 7.11 Å². The van der Waals surface area contributed by atoms with Crippen LogP contribution in [0.1, 0.15) is 29.5 Å². The van der Waals surface area contributed by atoms with E-state index in [1.807, 2.05) is 42.5 Å². The summed E-state index contributed by atoms with van der Waals surface area (Å²) in [6.45, 7) is 0.178. The van der Waals surface area contributed by atoms with Gasteiger partial charge in [-0.05, 0) is 48.6 Å². The van der Waals surface area contributed by atoms with Gasteiger partial charge in [-0.2, -0.15) is 0 Å².